The van der Waals surface area contributed by atoms with E-state index in [0.717, 1.165) is 5.71 Å². The highest BCUT2D eigenvalue weighted by Gasteiger charge is 1.88. The van der Waals surface area contributed by atoms with Gasteiger partial charge in [-0.1, -0.05) is 0 Å². The van der Waals surface area contributed by atoms with E-state index < -0.39 is 0 Å². The van der Waals surface area contributed by atoms with Crippen molar-refractivity contribution in [1.82, 2.24) is 0 Å². The van der Waals surface area contributed by atoms with Crippen LogP contribution in [0.5, 0.6) is 0 Å². The van der Waals surface area contributed by atoms with E-state index >= 15 is 0 Å². The fraction of sp³-hybridized carbons (Fsp3) is 0.200. The van der Waals surface area contributed by atoms with Crippen LogP contribution in [0.3, 0.4) is 0 Å². The normalized spacial score (nSPS) is 14.1. The zero-order valence-corrected chi connectivity index (χ0v) is 7.08. The molecule has 0 saturated carbocycles. The van der Waals surface area contributed by atoms with Gasteiger partial charge in [0.15, 0.2) is 6.34 Å². The lowest BCUT2D eigenvalue weighted by atomic mass is 10.4. The predicted molar refractivity (Wildman–Crippen MR) is 32.1 cm³/mol. The molecule has 0 saturated heterocycles. The van der Waals surface area contributed by atoms with Gasteiger partial charge < -0.3 is 24.0 Å². The van der Waals surface area contributed by atoms with Gasteiger partial charge in [-0.15, -0.1) is 5.10 Å². The lowest BCUT2D eigenvalue weighted by Gasteiger charge is -1.66. The molecule has 1 rings (SSSR count). The van der Waals surface area contributed by atoms with Crippen molar-refractivity contribution in [3.63, 3.8) is 0 Å². The summed E-state index contributed by atoms with van der Waals surface area (Å²) >= 11 is 0. The SMILES string of the molecule is CC1=[NH+]N=CN=C=C1.[I-]. The molecule has 1 aliphatic heterocycles. The summed E-state index contributed by atoms with van der Waals surface area (Å²) in [5.74, 6) is 2.65. The molecule has 0 unspecified atom stereocenters. The van der Waals surface area contributed by atoms with Crippen LogP contribution in [0.2, 0.25) is 0 Å². The Labute approximate surface area is 70.3 Å². The fourth-order valence-electron chi connectivity index (χ4n) is 0.359. The van der Waals surface area contributed by atoms with Crippen molar-refractivity contribution in [1.29, 1.82) is 0 Å². The smallest absolute Gasteiger partial charge is 0.212 e. The highest BCUT2D eigenvalue weighted by molar-refractivity contribution is 5.96. The van der Waals surface area contributed by atoms with Crippen LogP contribution >= 0.6 is 0 Å². The molecular weight excluding hydrogens is 229 g/mol. The summed E-state index contributed by atoms with van der Waals surface area (Å²) in [5, 5.41) is 6.40. The Morgan fingerprint density at radius 1 is 1.67 bits per heavy atom. The van der Waals surface area contributed by atoms with Gasteiger partial charge in [-0.2, -0.15) is 4.99 Å². The molecule has 0 fully saturated rings. The molecule has 0 aliphatic carbocycles. The maximum absolute atomic E-state index is 3.68. The molecule has 48 valence electrons. The zero-order chi connectivity index (χ0) is 5.82. The molecule has 1 aliphatic rings. The van der Waals surface area contributed by atoms with Crippen molar-refractivity contribution in [3.8, 4) is 0 Å². The molecular formula is C5H6IN3. The minimum Gasteiger partial charge on any atom is -1.00 e. The average molecular weight is 235 g/mol. The number of hydrogen-bond donors (Lipinski definition) is 1. The lowest BCUT2D eigenvalue weighted by Crippen LogP contribution is -3.00. The van der Waals surface area contributed by atoms with Gasteiger partial charge in [-0.25, -0.2) is 0 Å². The second kappa shape index (κ2) is 4.40. The summed E-state index contributed by atoms with van der Waals surface area (Å²) in [6, 6.07) is 0. The molecule has 1 N–H and O–H groups in total. The van der Waals surface area contributed by atoms with Crippen LogP contribution in [-0.2, 0) is 0 Å². The summed E-state index contributed by atoms with van der Waals surface area (Å²) in [6.45, 7) is 1.89. The molecule has 0 spiro atoms. The van der Waals surface area contributed by atoms with Gasteiger partial charge in [0.05, 0.1) is 6.08 Å². The second-order valence-corrected chi connectivity index (χ2v) is 1.44. The fourth-order valence-corrected chi connectivity index (χ4v) is 0.359. The topological polar surface area (TPSA) is 38.7 Å². The van der Waals surface area contributed by atoms with E-state index in [1.54, 1.807) is 6.08 Å². The number of allylic oxidation sites excluding steroid dienone is 1. The number of nitrogens with zero attached hydrogens (tertiary/aromatic N) is 2. The predicted octanol–water partition coefficient (Wildman–Crippen LogP) is -4.29. The summed E-state index contributed by atoms with van der Waals surface area (Å²) in [6.07, 6.45) is 3.14. The first kappa shape index (κ1) is 8.52. The van der Waals surface area contributed by atoms with Crippen LogP contribution in [-0.4, -0.2) is 17.9 Å². The molecule has 4 heteroatoms. The third-order valence-electron chi connectivity index (χ3n) is 0.712. The van der Waals surface area contributed by atoms with Crippen molar-refractivity contribution in [2.75, 3.05) is 0 Å². The summed E-state index contributed by atoms with van der Waals surface area (Å²) in [7, 11) is 0. The van der Waals surface area contributed by atoms with Crippen molar-refractivity contribution in [2.45, 2.75) is 6.92 Å². The molecule has 3 nitrogen and oxygen atoms in total. The van der Waals surface area contributed by atoms with E-state index in [4.69, 9.17) is 0 Å². The lowest BCUT2D eigenvalue weighted by molar-refractivity contribution is -0.461. The Balaban J connectivity index is 0.000000640. The first-order chi connectivity index (χ1) is 3.89. The third-order valence-corrected chi connectivity index (χ3v) is 0.712. The minimum atomic E-state index is 0. The van der Waals surface area contributed by atoms with E-state index in [2.05, 4.69) is 21.1 Å². The van der Waals surface area contributed by atoms with Crippen LogP contribution in [0.25, 0.3) is 0 Å². The van der Waals surface area contributed by atoms with Crippen LogP contribution < -0.4 is 29.1 Å². The molecule has 1 heterocycles. The number of nitrogens with one attached hydrogen (secondary N) is 1. The number of hydrogen-bond acceptors (Lipinski definition) is 2. The zero-order valence-electron chi connectivity index (χ0n) is 4.93. The third kappa shape index (κ3) is 3.16. The molecule has 0 aromatic heterocycles. The Bertz CT molecular complexity index is 198. The number of rotatable bonds is 0. The van der Waals surface area contributed by atoms with Gasteiger partial charge in [0.1, 0.15) is 0 Å². The van der Waals surface area contributed by atoms with Crippen molar-refractivity contribution >= 4 is 17.9 Å². The number of hydrazone groups is 1. The Kier molecular flexibility index (Phi) is 4.17. The van der Waals surface area contributed by atoms with Crippen LogP contribution in [0, 0.1) is 0 Å². The molecule has 0 atom stereocenters. The Morgan fingerprint density at radius 3 is 3.22 bits per heavy atom. The minimum absolute atomic E-state index is 0. The molecule has 9 heavy (non-hydrogen) atoms. The van der Waals surface area contributed by atoms with E-state index in [0.29, 0.717) is 0 Å². The largest absolute Gasteiger partial charge is 1.00 e. The first-order valence-corrected chi connectivity index (χ1v) is 2.29. The van der Waals surface area contributed by atoms with Crippen LogP contribution in [0.4, 0.5) is 0 Å². The Hall–Kier alpha value is -0.480. The van der Waals surface area contributed by atoms with Crippen LogP contribution in [0.15, 0.2) is 16.2 Å². The quantitative estimate of drug-likeness (QED) is 0.413. The van der Waals surface area contributed by atoms with Crippen molar-refractivity contribution in [2.24, 2.45) is 10.1 Å². The van der Waals surface area contributed by atoms with E-state index in [-0.39, 0.29) is 24.0 Å². The highest BCUT2D eigenvalue weighted by atomic mass is 127. The van der Waals surface area contributed by atoms with Gasteiger partial charge in [-0.05, 0) is 5.87 Å². The number of aliphatic imine (C=N–C) groups is 1. The molecule has 0 aromatic carbocycles. The van der Waals surface area contributed by atoms with Gasteiger partial charge in [0.25, 0.3) is 0 Å². The van der Waals surface area contributed by atoms with Gasteiger partial charge >= 0.3 is 0 Å². The monoisotopic (exact) mass is 235 g/mol. The molecule has 0 bridgehead atoms. The van der Waals surface area contributed by atoms with E-state index in [1.807, 2.05) is 6.92 Å². The maximum Gasteiger partial charge on any atom is 0.212 e. The van der Waals surface area contributed by atoms with E-state index in [9.17, 15) is 0 Å². The molecule has 0 radical (unpaired) electrons. The number of halogens is 1. The van der Waals surface area contributed by atoms with Crippen LogP contribution in [0.1, 0.15) is 6.92 Å². The summed E-state index contributed by atoms with van der Waals surface area (Å²) in [5.41, 5.74) is 0.947. The maximum atomic E-state index is 3.68. The van der Waals surface area contributed by atoms with Gasteiger partial charge in [-0.3, -0.25) is 0 Å². The van der Waals surface area contributed by atoms with Gasteiger partial charge in [0.2, 0.25) is 5.71 Å². The average Bonchev–Trinajstić information content (AvgIpc) is 1.94. The van der Waals surface area contributed by atoms with Crippen molar-refractivity contribution in [3.05, 3.63) is 6.08 Å². The standard InChI is InChI=1S/C5H5N3.HI/c1-5-2-3-6-4-7-8-5;/h2,4H,1H3;1H. The second-order valence-electron chi connectivity index (χ2n) is 1.44. The van der Waals surface area contributed by atoms with Gasteiger partial charge in [0, 0.05) is 12.0 Å². The summed E-state index contributed by atoms with van der Waals surface area (Å²) in [4.78, 5) is 3.64. The summed E-state index contributed by atoms with van der Waals surface area (Å²) < 4.78 is 0. The molecule has 0 aromatic rings. The first-order valence-electron chi connectivity index (χ1n) is 2.29. The highest BCUT2D eigenvalue weighted by Crippen LogP contribution is 1.63. The van der Waals surface area contributed by atoms with Crippen molar-refractivity contribution < 1.29 is 29.1 Å². The molecule has 0 amide bonds. The Morgan fingerprint density at radius 2 is 2.44 bits per heavy atom. The van der Waals surface area contributed by atoms with E-state index in [1.165, 1.54) is 6.34 Å².